The molecule has 2 N–H and O–H groups in total. The van der Waals surface area contributed by atoms with E-state index >= 15 is 0 Å². The number of hydrogen-bond donors (Lipinski definition) is 2. The monoisotopic (exact) mass is 240 g/mol. The Labute approximate surface area is 103 Å². The predicted octanol–water partition coefficient (Wildman–Crippen LogP) is 1.13. The van der Waals surface area contributed by atoms with Crippen molar-refractivity contribution in [2.75, 3.05) is 0 Å². The molecule has 0 saturated heterocycles. The normalized spacial score (nSPS) is 10.8. The maximum atomic E-state index is 8.77. The van der Waals surface area contributed by atoms with Crippen molar-refractivity contribution in [3.8, 4) is 5.88 Å². The number of nitrogens with zero attached hydrogens (tertiary/aromatic N) is 2. The van der Waals surface area contributed by atoms with Crippen molar-refractivity contribution in [1.29, 1.82) is 0 Å². The van der Waals surface area contributed by atoms with Gasteiger partial charge < -0.3 is 14.7 Å². The van der Waals surface area contributed by atoms with Crippen LogP contribution in [0.3, 0.4) is 0 Å². The number of hydrogen-bond acceptors (Lipinski definition) is 5. The van der Waals surface area contributed by atoms with Gasteiger partial charge in [-0.15, -0.1) is 0 Å². The van der Waals surface area contributed by atoms with Crippen molar-refractivity contribution in [2.45, 2.75) is 0 Å². The lowest BCUT2D eigenvalue weighted by Crippen LogP contribution is -2.21. The number of fused-ring (bicyclic) bond motifs is 3. The molecule has 0 radical (unpaired) electrons. The molecular weight excluding hydrogens is 231 g/mol. The van der Waals surface area contributed by atoms with Crippen molar-refractivity contribution in [3.63, 3.8) is 0 Å². The first kappa shape index (κ1) is 10.9. The van der Waals surface area contributed by atoms with Crippen molar-refractivity contribution in [3.05, 3.63) is 42.6 Å². The van der Waals surface area contributed by atoms with E-state index in [0.717, 1.165) is 16.3 Å². The zero-order chi connectivity index (χ0) is 12.5. The van der Waals surface area contributed by atoms with Gasteiger partial charge in [0.15, 0.2) is 5.88 Å². The van der Waals surface area contributed by atoms with E-state index < -0.39 is 7.32 Å². The predicted molar refractivity (Wildman–Crippen MR) is 67.9 cm³/mol. The Bertz CT molecular complexity index is 718. The number of rotatable bonds is 2. The van der Waals surface area contributed by atoms with Crippen LogP contribution in [0.1, 0.15) is 0 Å². The standard InChI is InChI=1S/C12H9BN2O3/c16-13(17)18-10-6-5-9-4-3-8-2-1-7-14-11(8)12(9)15-10/h1-7,16-17H. The lowest BCUT2D eigenvalue weighted by molar-refractivity contribution is 0.284. The molecule has 88 valence electrons. The summed E-state index contributed by atoms with van der Waals surface area (Å²) in [6.45, 7) is 0. The summed E-state index contributed by atoms with van der Waals surface area (Å²) in [6, 6.07) is 11.1. The topological polar surface area (TPSA) is 75.5 Å². The van der Waals surface area contributed by atoms with E-state index in [9.17, 15) is 0 Å². The van der Waals surface area contributed by atoms with Crippen molar-refractivity contribution >= 4 is 29.1 Å². The molecule has 2 aromatic heterocycles. The molecule has 1 aromatic carbocycles. The van der Waals surface area contributed by atoms with Crippen LogP contribution in [-0.2, 0) is 0 Å². The third-order valence-electron chi connectivity index (χ3n) is 2.63. The van der Waals surface area contributed by atoms with Crippen LogP contribution in [0.2, 0.25) is 0 Å². The van der Waals surface area contributed by atoms with Gasteiger partial charge in [0.05, 0.1) is 5.52 Å². The zero-order valence-corrected chi connectivity index (χ0v) is 9.32. The van der Waals surface area contributed by atoms with Gasteiger partial charge >= 0.3 is 7.32 Å². The molecule has 3 aromatic rings. The first-order valence-corrected chi connectivity index (χ1v) is 5.41. The molecule has 0 amide bonds. The van der Waals surface area contributed by atoms with Crippen LogP contribution in [0.4, 0.5) is 0 Å². The van der Waals surface area contributed by atoms with Crippen molar-refractivity contribution in [2.24, 2.45) is 0 Å². The molecule has 0 bridgehead atoms. The van der Waals surface area contributed by atoms with Gasteiger partial charge in [0.2, 0.25) is 0 Å². The smallest absolute Gasteiger partial charge is 0.498 e. The number of pyridine rings is 2. The largest absolute Gasteiger partial charge is 0.708 e. The average Bonchev–Trinajstić information content (AvgIpc) is 2.38. The minimum Gasteiger partial charge on any atom is -0.498 e. The van der Waals surface area contributed by atoms with E-state index in [1.54, 1.807) is 18.3 Å². The fourth-order valence-corrected chi connectivity index (χ4v) is 1.88. The van der Waals surface area contributed by atoms with E-state index in [2.05, 4.69) is 9.97 Å². The molecule has 2 heterocycles. The molecule has 0 aliphatic carbocycles. The average molecular weight is 240 g/mol. The Morgan fingerprint density at radius 1 is 0.944 bits per heavy atom. The summed E-state index contributed by atoms with van der Waals surface area (Å²) >= 11 is 0. The van der Waals surface area contributed by atoms with Crippen LogP contribution in [0.25, 0.3) is 21.8 Å². The summed E-state index contributed by atoms with van der Waals surface area (Å²) in [6.07, 6.45) is 1.69. The second-order valence-corrected chi connectivity index (χ2v) is 3.81. The summed E-state index contributed by atoms with van der Waals surface area (Å²) in [7, 11) is -1.88. The quantitative estimate of drug-likeness (QED) is 0.518. The van der Waals surface area contributed by atoms with E-state index in [4.69, 9.17) is 14.7 Å². The molecule has 6 heteroatoms. The Morgan fingerprint density at radius 2 is 1.67 bits per heavy atom. The van der Waals surface area contributed by atoms with E-state index in [-0.39, 0.29) is 5.88 Å². The Kier molecular flexibility index (Phi) is 2.58. The fourth-order valence-electron chi connectivity index (χ4n) is 1.88. The van der Waals surface area contributed by atoms with Gasteiger partial charge in [0, 0.05) is 17.0 Å². The summed E-state index contributed by atoms with van der Waals surface area (Å²) < 4.78 is 4.74. The first-order chi connectivity index (χ1) is 8.74. The van der Waals surface area contributed by atoms with Crippen molar-refractivity contribution in [1.82, 2.24) is 9.97 Å². The van der Waals surface area contributed by atoms with Gasteiger partial charge in [0.1, 0.15) is 5.52 Å². The minimum atomic E-state index is -1.88. The highest BCUT2D eigenvalue weighted by molar-refractivity contribution is 6.33. The van der Waals surface area contributed by atoms with Gasteiger partial charge in [-0.1, -0.05) is 18.2 Å². The van der Waals surface area contributed by atoms with Gasteiger partial charge in [-0.2, -0.15) is 0 Å². The molecule has 0 atom stereocenters. The van der Waals surface area contributed by atoms with E-state index in [0.29, 0.717) is 5.52 Å². The molecule has 0 aliphatic heterocycles. The second-order valence-electron chi connectivity index (χ2n) is 3.81. The van der Waals surface area contributed by atoms with Gasteiger partial charge in [-0.3, -0.25) is 4.98 Å². The highest BCUT2D eigenvalue weighted by atomic mass is 16.6. The lowest BCUT2D eigenvalue weighted by atomic mass is 10.1. The van der Waals surface area contributed by atoms with Crippen LogP contribution < -0.4 is 4.65 Å². The summed E-state index contributed by atoms with van der Waals surface area (Å²) in [5.41, 5.74) is 1.43. The number of aromatic nitrogens is 2. The maximum absolute atomic E-state index is 8.77. The molecule has 0 spiro atoms. The Morgan fingerprint density at radius 3 is 2.44 bits per heavy atom. The van der Waals surface area contributed by atoms with Crippen LogP contribution in [0, 0.1) is 0 Å². The molecule has 3 rings (SSSR count). The molecule has 0 aliphatic rings. The first-order valence-electron chi connectivity index (χ1n) is 5.41. The third-order valence-corrected chi connectivity index (χ3v) is 2.63. The zero-order valence-electron chi connectivity index (χ0n) is 9.32. The van der Waals surface area contributed by atoms with E-state index in [1.165, 1.54) is 0 Å². The molecule has 5 nitrogen and oxygen atoms in total. The van der Waals surface area contributed by atoms with Crippen molar-refractivity contribution < 1.29 is 14.7 Å². The summed E-state index contributed by atoms with van der Waals surface area (Å²) in [5.74, 6) is 0.149. The van der Waals surface area contributed by atoms with Gasteiger partial charge in [0.25, 0.3) is 0 Å². The maximum Gasteiger partial charge on any atom is 0.708 e. The SMILES string of the molecule is OB(O)Oc1ccc2ccc3cccnc3c2n1. The summed E-state index contributed by atoms with van der Waals surface area (Å²) in [5, 5.41) is 19.4. The number of benzene rings is 1. The molecular formula is C12H9BN2O3. The highest BCUT2D eigenvalue weighted by Crippen LogP contribution is 2.23. The van der Waals surface area contributed by atoms with Crippen LogP contribution in [0.5, 0.6) is 5.88 Å². The second kappa shape index (κ2) is 4.25. The third kappa shape index (κ3) is 1.87. The summed E-state index contributed by atoms with van der Waals surface area (Å²) in [4.78, 5) is 8.53. The van der Waals surface area contributed by atoms with Crippen LogP contribution >= 0.6 is 0 Å². The Balaban J connectivity index is 2.26. The van der Waals surface area contributed by atoms with Crippen LogP contribution in [-0.4, -0.2) is 27.3 Å². The molecule has 0 unspecified atom stereocenters. The fraction of sp³-hybridized carbons (Fsp3) is 0. The minimum absolute atomic E-state index is 0.149. The highest BCUT2D eigenvalue weighted by Gasteiger charge is 2.13. The van der Waals surface area contributed by atoms with Crippen LogP contribution in [0.15, 0.2) is 42.6 Å². The molecule has 0 fully saturated rings. The van der Waals surface area contributed by atoms with Gasteiger partial charge in [-0.25, -0.2) is 4.98 Å². The molecule has 0 saturated carbocycles. The van der Waals surface area contributed by atoms with Gasteiger partial charge in [-0.05, 0) is 18.2 Å². The van der Waals surface area contributed by atoms with E-state index in [1.807, 2.05) is 24.3 Å². The lowest BCUT2D eigenvalue weighted by Gasteiger charge is -2.06. The Hall–Kier alpha value is -2.18. The molecule has 18 heavy (non-hydrogen) atoms.